The molecule has 1 atom stereocenters. The van der Waals surface area contributed by atoms with Crippen LogP contribution in [0.2, 0.25) is 0 Å². The lowest BCUT2D eigenvalue weighted by Crippen LogP contribution is -2.32. The van der Waals surface area contributed by atoms with Crippen molar-refractivity contribution in [3.05, 3.63) is 15.8 Å². The number of nitrogens with one attached hydrogen (secondary N) is 2. The summed E-state index contributed by atoms with van der Waals surface area (Å²) in [6.45, 7) is 6.98. The molecule has 0 fully saturated rings. The molecule has 2 N–H and O–H groups in total. The van der Waals surface area contributed by atoms with Gasteiger partial charge < -0.3 is 15.5 Å². The number of aromatic nitrogens is 2. The van der Waals surface area contributed by atoms with Crippen LogP contribution < -0.4 is 10.6 Å². The van der Waals surface area contributed by atoms with Crippen LogP contribution in [0, 0.1) is 17.0 Å². The van der Waals surface area contributed by atoms with E-state index in [2.05, 4.69) is 20.6 Å². The fourth-order valence-corrected chi connectivity index (χ4v) is 1.65. The highest BCUT2D eigenvalue weighted by atomic mass is 16.6. The first-order chi connectivity index (χ1) is 9.86. The van der Waals surface area contributed by atoms with Crippen LogP contribution in [0.3, 0.4) is 0 Å². The molecule has 0 amide bonds. The molecular formula is C13H24N6O2. The average molecular weight is 296 g/mol. The smallest absolute Gasteiger partial charge is 0.332 e. The maximum atomic E-state index is 11.2. The zero-order chi connectivity index (χ0) is 16.0. The van der Waals surface area contributed by atoms with E-state index in [9.17, 15) is 10.1 Å². The molecule has 0 aliphatic rings. The number of aryl methyl sites for hydroxylation is 1. The Morgan fingerprint density at radius 3 is 2.52 bits per heavy atom. The first-order valence-electron chi connectivity index (χ1n) is 7.04. The number of likely N-dealkylation sites (N-methyl/N-ethyl adjacent to an activating group) is 1. The summed E-state index contributed by atoms with van der Waals surface area (Å²) in [6, 6.07) is 0.229. The van der Waals surface area contributed by atoms with E-state index >= 15 is 0 Å². The lowest BCUT2D eigenvalue weighted by Gasteiger charge is -2.20. The van der Waals surface area contributed by atoms with Crippen LogP contribution in [0.15, 0.2) is 0 Å². The first-order valence-corrected chi connectivity index (χ1v) is 7.04. The Kier molecular flexibility index (Phi) is 6.29. The van der Waals surface area contributed by atoms with Gasteiger partial charge in [0.25, 0.3) is 0 Å². The second kappa shape index (κ2) is 7.72. The maximum absolute atomic E-state index is 11.2. The topological polar surface area (TPSA) is 96.2 Å². The molecule has 0 saturated carbocycles. The summed E-state index contributed by atoms with van der Waals surface area (Å²) in [5.74, 6) is 0.680. The van der Waals surface area contributed by atoms with Crippen molar-refractivity contribution >= 4 is 17.5 Å². The molecule has 8 nitrogen and oxygen atoms in total. The van der Waals surface area contributed by atoms with Crippen LogP contribution in [-0.2, 0) is 0 Å². The van der Waals surface area contributed by atoms with Gasteiger partial charge in [-0.3, -0.25) is 10.1 Å². The molecule has 8 heteroatoms. The Morgan fingerprint density at radius 2 is 2.00 bits per heavy atom. The number of anilines is 2. The van der Waals surface area contributed by atoms with Gasteiger partial charge in [0.1, 0.15) is 5.69 Å². The van der Waals surface area contributed by atoms with Crippen LogP contribution in [0.1, 0.15) is 26.0 Å². The van der Waals surface area contributed by atoms with Crippen LogP contribution in [0.25, 0.3) is 0 Å². The summed E-state index contributed by atoms with van der Waals surface area (Å²) in [7, 11) is 3.92. The van der Waals surface area contributed by atoms with E-state index in [1.165, 1.54) is 0 Å². The van der Waals surface area contributed by atoms with Crippen molar-refractivity contribution in [3.63, 3.8) is 0 Å². The second-order valence-corrected chi connectivity index (χ2v) is 5.21. The van der Waals surface area contributed by atoms with Gasteiger partial charge >= 0.3 is 5.69 Å². The average Bonchev–Trinajstić information content (AvgIpc) is 2.41. The maximum Gasteiger partial charge on any atom is 0.332 e. The normalized spacial score (nSPS) is 12.3. The molecule has 0 spiro atoms. The van der Waals surface area contributed by atoms with Crippen molar-refractivity contribution in [3.8, 4) is 0 Å². The summed E-state index contributed by atoms with van der Waals surface area (Å²) < 4.78 is 0. The third-order valence-corrected chi connectivity index (χ3v) is 3.22. The van der Waals surface area contributed by atoms with Gasteiger partial charge in [-0.2, -0.15) is 4.98 Å². The first kappa shape index (κ1) is 17.1. The largest absolute Gasteiger partial charge is 0.363 e. The van der Waals surface area contributed by atoms with Gasteiger partial charge in [0, 0.05) is 19.1 Å². The van der Waals surface area contributed by atoms with Gasteiger partial charge in [-0.25, -0.2) is 4.98 Å². The molecule has 21 heavy (non-hydrogen) atoms. The molecule has 0 bridgehead atoms. The number of nitrogens with zero attached hydrogens (tertiary/aromatic N) is 4. The Hall–Kier alpha value is -1.96. The predicted molar refractivity (Wildman–Crippen MR) is 83.8 cm³/mol. The van der Waals surface area contributed by atoms with Gasteiger partial charge in [0.05, 0.1) is 4.92 Å². The Morgan fingerprint density at radius 1 is 1.33 bits per heavy atom. The number of nitro groups is 1. The molecule has 1 heterocycles. The van der Waals surface area contributed by atoms with Crippen molar-refractivity contribution in [2.45, 2.75) is 33.2 Å². The van der Waals surface area contributed by atoms with Gasteiger partial charge in [-0.15, -0.1) is 0 Å². The standard InChI is InChI=1S/C13H24N6O2/c1-6-7-14-13-16-10(3)11(19(20)21)12(17-13)15-8-9(2)18(4)5/h9H,6-8H2,1-5H3,(H2,14,15,16,17). The monoisotopic (exact) mass is 296 g/mol. The highest BCUT2D eigenvalue weighted by Gasteiger charge is 2.22. The zero-order valence-corrected chi connectivity index (χ0v) is 13.3. The third kappa shape index (κ3) is 4.82. The number of hydrogen-bond acceptors (Lipinski definition) is 7. The molecule has 1 unspecified atom stereocenters. The van der Waals surface area contributed by atoms with E-state index in [1.807, 2.05) is 32.8 Å². The minimum atomic E-state index is -0.443. The minimum absolute atomic E-state index is 0.0667. The van der Waals surface area contributed by atoms with E-state index in [1.54, 1.807) is 6.92 Å². The van der Waals surface area contributed by atoms with Crippen LogP contribution in [0.4, 0.5) is 17.5 Å². The molecule has 118 valence electrons. The highest BCUT2D eigenvalue weighted by molar-refractivity contribution is 5.60. The van der Waals surface area contributed by atoms with Crippen molar-refractivity contribution in [2.24, 2.45) is 0 Å². The van der Waals surface area contributed by atoms with E-state index in [0.29, 0.717) is 18.2 Å². The highest BCUT2D eigenvalue weighted by Crippen LogP contribution is 2.26. The third-order valence-electron chi connectivity index (χ3n) is 3.22. The van der Waals surface area contributed by atoms with Crippen molar-refractivity contribution < 1.29 is 4.92 Å². The molecule has 1 aromatic heterocycles. The van der Waals surface area contributed by atoms with Crippen LogP contribution >= 0.6 is 0 Å². The van der Waals surface area contributed by atoms with E-state index in [0.717, 1.165) is 13.0 Å². The molecule has 0 aliphatic carbocycles. The molecule has 1 rings (SSSR count). The van der Waals surface area contributed by atoms with Crippen LogP contribution in [-0.4, -0.2) is 53.0 Å². The molecular weight excluding hydrogens is 272 g/mol. The molecule has 1 aromatic rings. The quantitative estimate of drug-likeness (QED) is 0.558. The predicted octanol–water partition coefficient (Wildman–Crippen LogP) is 1.88. The van der Waals surface area contributed by atoms with Crippen molar-refractivity contribution in [1.82, 2.24) is 14.9 Å². The number of hydrogen-bond donors (Lipinski definition) is 2. The summed E-state index contributed by atoms with van der Waals surface area (Å²) in [6.07, 6.45) is 0.930. The lowest BCUT2D eigenvalue weighted by molar-refractivity contribution is -0.385. The minimum Gasteiger partial charge on any atom is -0.363 e. The van der Waals surface area contributed by atoms with Gasteiger partial charge in [-0.05, 0) is 34.4 Å². The Labute approximate surface area is 125 Å². The van der Waals surface area contributed by atoms with Gasteiger partial charge in [-0.1, -0.05) is 6.92 Å². The van der Waals surface area contributed by atoms with E-state index < -0.39 is 4.92 Å². The number of rotatable bonds is 8. The second-order valence-electron chi connectivity index (χ2n) is 5.21. The Bertz CT molecular complexity index is 492. The van der Waals surface area contributed by atoms with Gasteiger partial charge in [0.15, 0.2) is 0 Å². The lowest BCUT2D eigenvalue weighted by atomic mass is 10.3. The molecule has 0 radical (unpaired) electrons. The SMILES string of the molecule is CCCNc1nc(C)c([N+](=O)[O-])c(NCC(C)N(C)C)n1. The van der Waals surface area contributed by atoms with E-state index in [-0.39, 0.29) is 17.5 Å². The Balaban J connectivity index is 3.01. The zero-order valence-electron chi connectivity index (χ0n) is 13.3. The molecule has 0 saturated heterocycles. The van der Waals surface area contributed by atoms with Gasteiger partial charge in [0.2, 0.25) is 11.8 Å². The summed E-state index contributed by atoms with van der Waals surface area (Å²) in [5.41, 5.74) is 0.289. The van der Waals surface area contributed by atoms with Crippen molar-refractivity contribution in [1.29, 1.82) is 0 Å². The summed E-state index contributed by atoms with van der Waals surface area (Å²) >= 11 is 0. The molecule has 0 aliphatic heterocycles. The fraction of sp³-hybridized carbons (Fsp3) is 0.692. The molecule has 0 aromatic carbocycles. The summed E-state index contributed by atoms with van der Waals surface area (Å²) in [4.78, 5) is 21.2. The van der Waals surface area contributed by atoms with Crippen LogP contribution in [0.5, 0.6) is 0 Å². The summed E-state index contributed by atoms with van der Waals surface area (Å²) in [5, 5.41) is 17.3. The fourth-order valence-electron chi connectivity index (χ4n) is 1.65. The van der Waals surface area contributed by atoms with E-state index in [4.69, 9.17) is 0 Å². The van der Waals surface area contributed by atoms with Crippen molar-refractivity contribution in [2.75, 3.05) is 37.8 Å².